The maximum Gasteiger partial charge on any atom is 0.225 e. The van der Waals surface area contributed by atoms with Crippen LogP contribution in [0.3, 0.4) is 0 Å². The second-order valence-corrected chi connectivity index (χ2v) is 3.92. The number of aryl methyl sites for hydroxylation is 1. The molecule has 3 heteroatoms. The molecule has 1 rings (SSSR count). The lowest BCUT2D eigenvalue weighted by Gasteiger charge is -2.06. The van der Waals surface area contributed by atoms with E-state index in [0.29, 0.717) is 6.42 Å². The average molecular weight is 220 g/mol. The molecule has 0 aliphatic carbocycles. The third kappa shape index (κ3) is 4.94. The van der Waals surface area contributed by atoms with E-state index in [4.69, 9.17) is 0 Å². The Morgan fingerprint density at radius 1 is 1.31 bits per heavy atom. The van der Waals surface area contributed by atoms with Crippen molar-refractivity contribution in [3.63, 3.8) is 0 Å². The number of carbonyl (C=O) groups is 1. The molecule has 0 aliphatic heterocycles. The summed E-state index contributed by atoms with van der Waals surface area (Å²) in [7, 11) is 0. The molecule has 3 nitrogen and oxygen atoms in total. The average Bonchev–Trinajstić information content (AvgIpc) is 2.24. The van der Waals surface area contributed by atoms with Crippen LogP contribution in [0.1, 0.15) is 25.3 Å². The zero-order valence-corrected chi connectivity index (χ0v) is 10.0. The van der Waals surface area contributed by atoms with Crippen LogP contribution < -0.4 is 10.6 Å². The topological polar surface area (TPSA) is 41.1 Å². The quantitative estimate of drug-likeness (QED) is 0.722. The molecule has 0 unspecified atom stereocenters. The van der Waals surface area contributed by atoms with E-state index in [2.05, 4.69) is 17.6 Å². The fraction of sp³-hybridized carbons (Fsp3) is 0.462. The molecule has 0 heterocycles. The van der Waals surface area contributed by atoms with Gasteiger partial charge in [-0.2, -0.15) is 0 Å². The van der Waals surface area contributed by atoms with Gasteiger partial charge < -0.3 is 10.6 Å². The van der Waals surface area contributed by atoms with Crippen LogP contribution >= 0.6 is 0 Å². The zero-order valence-electron chi connectivity index (χ0n) is 10.0. The van der Waals surface area contributed by atoms with Crippen molar-refractivity contribution in [2.24, 2.45) is 0 Å². The Kier molecular flexibility index (Phi) is 5.57. The number of nitrogens with one attached hydrogen (secondary N) is 2. The molecule has 0 fully saturated rings. The Balaban J connectivity index is 2.29. The van der Waals surface area contributed by atoms with Crippen molar-refractivity contribution in [3.8, 4) is 0 Å². The monoisotopic (exact) mass is 220 g/mol. The summed E-state index contributed by atoms with van der Waals surface area (Å²) in [6.07, 6.45) is 1.62. The lowest BCUT2D eigenvalue weighted by atomic mass is 10.2. The first-order chi connectivity index (χ1) is 7.72. The standard InChI is InChI=1S/C13H20N2O/c1-3-8-14-9-7-13(16)15-12-6-4-5-11(2)10-12/h4-6,10,14H,3,7-9H2,1-2H3,(H,15,16). The highest BCUT2D eigenvalue weighted by Crippen LogP contribution is 2.09. The lowest BCUT2D eigenvalue weighted by Crippen LogP contribution is -2.22. The van der Waals surface area contributed by atoms with Crippen molar-refractivity contribution < 1.29 is 4.79 Å². The summed E-state index contributed by atoms with van der Waals surface area (Å²) in [6, 6.07) is 7.83. The van der Waals surface area contributed by atoms with Gasteiger partial charge in [0, 0.05) is 18.7 Å². The molecule has 1 aromatic carbocycles. The van der Waals surface area contributed by atoms with E-state index >= 15 is 0 Å². The molecule has 0 bridgehead atoms. The van der Waals surface area contributed by atoms with Crippen molar-refractivity contribution in [1.82, 2.24) is 5.32 Å². The third-order valence-corrected chi connectivity index (χ3v) is 2.26. The fourth-order valence-corrected chi connectivity index (χ4v) is 1.45. The number of amides is 1. The van der Waals surface area contributed by atoms with Crippen molar-refractivity contribution in [1.29, 1.82) is 0 Å². The van der Waals surface area contributed by atoms with E-state index in [1.54, 1.807) is 0 Å². The van der Waals surface area contributed by atoms with Gasteiger partial charge in [0.05, 0.1) is 0 Å². The Morgan fingerprint density at radius 3 is 2.81 bits per heavy atom. The Labute approximate surface area is 97.2 Å². The SMILES string of the molecule is CCCNCCC(=O)Nc1cccc(C)c1. The highest BCUT2D eigenvalue weighted by Gasteiger charge is 2.01. The summed E-state index contributed by atoms with van der Waals surface area (Å²) in [6.45, 7) is 5.83. The van der Waals surface area contributed by atoms with Crippen LogP contribution in [0.25, 0.3) is 0 Å². The maximum atomic E-state index is 11.5. The van der Waals surface area contributed by atoms with Gasteiger partial charge in [0.1, 0.15) is 0 Å². The van der Waals surface area contributed by atoms with E-state index in [0.717, 1.165) is 30.8 Å². The highest BCUT2D eigenvalue weighted by molar-refractivity contribution is 5.90. The van der Waals surface area contributed by atoms with Crippen LogP contribution in [-0.2, 0) is 4.79 Å². The Morgan fingerprint density at radius 2 is 2.12 bits per heavy atom. The van der Waals surface area contributed by atoms with Crippen molar-refractivity contribution >= 4 is 11.6 Å². The molecule has 0 saturated heterocycles. The first kappa shape index (κ1) is 12.7. The van der Waals surface area contributed by atoms with Crippen LogP contribution in [0, 0.1) is 6.92 Å². The highest BCUT2D eigenvalue weighted by atomic mass is 16.1. The Bertz CT molecular complexity index is 336. The van der Waals surface area contributed by atoms with Crippen molar-refractivity contribution in [2.75, 3.05) is 18.4 Å². The van der Waals surface area contributed by atoms with Gasteiger partial charge in [0.15, 0.2) is 0 Å². The number of anilines is 1. The number of benzene rings is 1. The van der Waals surface area contributed by atoms with Gasteiger partial charge in [-0.15, -0.1) is 0 Å². The molecule has 0 aromatic heterocycles. The van der Waals surface area contributed by atoms with E-state index < -0.39 is 0 Å². The Hall–Kier alpha value is -1.35. The molecule has 0 aliphatic rings. The number of carbonyl (C=O) groups excluding carboxylic acids is 1. The minimum atomic E-state index is 0.0641. The normalized spacial score (nSPS) is 10.1. The molecule has 0 radical (unpaired) electrons. The zero-order chi connectivity index (χ0) is 11.8. The predicted octanol–water partition coefficient (Wildman–Crippen LogP) is 2.32. The van der Waals surface area contributed by atoms with Crippen LogP contribution in [-0.4, -0.2) is 19.0 Å². The number of rotatable bonds is 6. The molecule has 2 N–H and O–H groups in total. The van der Waals surface area contributed by atoms with Crippen molar-refractivity contribution in [3.05, 3.63) is 29.8 Å². The number of hydrogen-bond acceptors (Lipinski definition) is 2. The summed E-state index contributed by atoms with van der Waals surface area (Å²) in [5, 5.41) is 6.08. The molecule has 1 aromatic rings. The second kappa shape index (κ2) is 7.01. The van der Waals surface area contributed by atoms with Gasteiger partial charge in [-0.3, -0.25) is 4.79 Å². The van der Waals surface area contributed by atoms with Gasteiger partial charge in [-0.1, -0.05) is 19.1 Å². The maximum absolute atomic E-state index is 11.5. The fourth-order valence-electron chi connectivity index (χ4n) is 1.45. The van der Waals surface area contributed by atoms with Gasteiger partial charge in [0.25, 0.3) is 0 Å². The molecular formula is C13H20N2O. The van der Waals surface area contributed by atoms with E-state index in [9.17, 15) is 4.79 Å². The van der Waals surface area contributed by atoms with Gasteiger partial charge >= 0.3 is 0 Å². The summed E-state index contributed by atoms with van der Waals surface area (Å²) < 4.78 is 0. The van der Waals surface area contributed by atoms with E-state index in [1.165, 1.54) is 0 Å². The third-order valence-electron chi connectivity index (χ3n) is 2.26. The van der Waals surface area contributed by atoms with Crippen LogP contribution in [0.15, 0.2) is 24.3 Å². The second-order valence-electron chi connectivity index (χ2n) is 3.92. The van der Waals surface area contributed by atoms with E-state index in [-0.39, 0.29) is 5.91 Å². The van der Waals surface area contributed by atoms with Crippen LogP contribution in [0.4, 0.5) is 5.69 Å². The molecule has 88 valence electrons. The first-order valence-electron chi connectivity index (χ1n) is 5.79. The molecule has 0 atom stereocenters. The van der Waals surface area contributed by atoms with Crippen LogP contribution in [0.5, 0.6) is 0 Å². The molecule has 0 spiro atoms. The first-order valence-corrected chi connectivity index (χ1v) is 5.79. The van der Waals surface area contributed by atoms with Gasteiger partial charge in [-0.25, -0.2) is 0 Å². The van der Waals surface area contributed by atoms with Crippen LogP contribution in [0.2, 0.25) is 0 Å². The van der Waals surface area contributed by atoms with Gasteiger partial charge in [0.2, 0.25) is 5.91 Å². The van der Waals surface area contributed by atoms with Gasteiger partial charge in [-0.05, 0) is 37.6 Å². The molecule has 16 heavy (non-hydrogen) atoms. The summed E-state index contributed by atoms with van der Waals surface area (Å²) in [5.41, 5.74) is 2.03. The lowest BCUT2D eigenvalue weighted by molar-refractivity contribution is -0.116. The molecule has 0 saturated carbocycles. The van der Waals surface area contributed by atoms with Crippen molar-refractivity contribution in [2.45, 2.75) is 26.7 Å². The minimum Gasteiger partial charge on any atom is -0.326 e. The predicted molar refractivity (Wildman–Crippen MR) is 67.6 cm³/mol. The number of hydrogen-bond donors (Lipinski definition) is 2. The summed E-state index contributed by atoms with van der Waals surface area (Å²) in [5.74, 6) is 0.0641. The molecular weight excluding hydrogens is 200 g/mol. The smallest absolute Gasteiger partial charge is 0.225 e. The molecule has 1 amide bonds. The van der Waals surface area contributed by atoms with E-state index in [1.807, 2.05) is 31.2 Å². The largest absolute Gasteiger partial charge is 0.326 e. The minimum absolute atomic E-state index is 0.0641. The summed E-state index contributed by atoms with van der Waals surface area (Å²) >= 11 is 0. The summed E-state index contributed by atoms with van der Waals surface area (Å²) in [4.78, 5) is 11.5.